The third kappa shape index (κ3) is 3.24. The summed E-state index contributed by atoms with van der Waals surface area (Å²) in [7, 11) is 0. The van der Waals surface area contributed by atoms with Crippen LogP contribution in [0.5, 0.6) is 0 Å². The summed E-state index contributed by atoms with van der Waals surface area (Å²) < 4.78 is 1.14. The maximum Gasteiger partial charge on any atom is 0.0542 e. The van der Waals surface area contributed by atoms with Gasteiger partial charge in [0.15, 0.2) is 0 Å². The van der Waals surface area contributed by atoms with Crippen LogP contribution in [-0.2, 0) is 0 Å². The molecule has 0 aromatic heterocycles. The van der Waals surface area contributed by atoms with Crippen LogP contribution in [0.15, 0.2) is 46.9 Å². The Labute approximate surface area is 129 Å². The summed E-state index contributed by atoms with van der Waals surface area (Å²) in [6.45, 7) is 4.27. The summed E-state index contributed by atoms with van der Waals surface area (Å²) in [4.78, 5) is 0. The molecule has 0 aliphatic heterocycles. The van der Waals surface area contributed by atoms with Crippen LogP contribution in [0.25, 0.3) is 0 Å². The summed E-state index contributed by atoms with van der Waals surface area (Å²) in [5, 5.41) is 3.73. The fourth-order valence-corrected chi connectivity index (χ4v) is 3.28. The molecule has 0 amide bonds. The fraction of sp³-hybridized carbons (Fsp3) is 0.333. The van der Waals surface area contributed by atoms with E-state index in [0.717, 1.165) is 10.4 Å². The monoisotopic (exact) mass is 329 g/mol. The van der Waals surface area contributed by atoms with Crippen LogP contribution in [0.1, 0.15) is 35.6 Å². The smallest absolute Gasteiger partial charge is 0.0542 e. The predicted octanol–water partition coefficient (Wildman–Crippen LogP) is 5.63. The zero-order valence-electron chi connectivity index (χ0n) is 12.0. The highest BCUT2D eigenvalue weighted by Gasteiger charge is 2.32. The average molecular weight is 330 g/mol. The Morgan fingerprint density at radius 3 is 2.30 bits per heavy atom. The quantitative estimate of drug-likeness (QED) is 0.766. The Kier molecular flexibility index (Phi) is 3.84. The lowest BCUT2D eigenvalue weighted by Gasteiger charge is -2.21. The average Bonchev–Trinajstić information content (AvgIpc) is 3.20. The van der Waals surface area contributed by atoms with E-state index in [0.29, 0.717) is 6.04 Å². The number of hydrogen-bond acceptors (Lipinski definition) is 1. The summed E-state index contributed by atoms with van der Waals surface area (Å²) in [6.07, 6.45) is 2.66. The van der Waals surface area contributed by atoms with Crippen LogP contribution in [0.3, 0.4) is 0 Å². The van der Waals surface area contributed by atoms with Crippen molar-refractivity contribution >= 4 is 21.6 Å². The first kappa shape index (κ1) is 13.7. The van der Waals surface area contributed by atoms with Gasteiger partial charge in [0.2, 0.25) is 0 Å². The van der Waals surface area contributed by atoms with Gasteiger partial charge in [0.05, 0.1) is 6.04 Å². The van der Waals surface area contributed by atoms with Gasteiger partial charge in [-0.05, 0) is 61.9 Å². The lowest BCUT2D eigenvalue weighted by molar-refractivity contribution is 0.679. The van der Waals surface area contributed by atoms with E-state index in [4.69, 9.17) is 0 Å². The van der Waals surface area contributed by atoms with Gasteiger partial charge in [0.25, 0.3) is 0 Å². The molecule has 1 saturated carbocycles. The number of rotatable bonds is 4. The van der Waals surface area contributed by atoms with Crippen LogP contribution < -0.4 is 5.32 Å². The van der Waals surface area contributed by atoms with Gasteiger partial charge in [-0.25, -0.2) is 0 Å². The molecule has 1 nitrogen and oxygen atoms in total. The molecule has 0 heterocycles. The van der Waals surface area contributed by atoms with Gasteiger partial charge < -0.3 is 5.32 Å². The molecule has 104 valence electrons. The Hall–Kier alpha value is -1.28. The van der Waals surface area contributed by atoms with Crippen LogP contribution in [-0.4, -0.2) is 0 Å². The number of benzene rings is 2. The van der Waals surface area contributed by atoms with E-state index in [-0.39, 0.29) is 0 Å². The molecule has 20 heavy (non-hydrogen) atoms. The van der Waals surface area contributed by atoms with Crippen molar-refractivity contribution in [3.8, 4) is 0 Å². The van der Waals surface area contributed by atoms with E-state index >= 15 is 0 Å². The standard InChI is InChI=1S/C18H20BrN/c1-12-3-5-14(6-4-12)18(15-7-8-15)20-17-10-13(2)9-16(19)11-17/h3-6,9-11,15,18,20H,7-8H2,1-2H3. The summed E-state index contributed by atoms with van der Waals surface area (Å²) in [6, 6.07) is 15.9. The van der Waals surface area contributed by atoms with E-state index in [2.05, 4.69) is 77.6 Å². The first-order valence-electron chi connectivity index (χ1n) is 7.22. The second-order valence-corrected chi connectivity index (χ2v) is 6.80. The van der Waals surface area contributed by atoms with Gasteiger partial charge in [-0.3, -0.25) is 0 Å². The first-order valence-corrected chi connectivity index (χ1v) is 8.01. The predicted molar refractivity (Wildman–Crippen MR) is 89.1 cm³/mol. The summed E-state index contributed by atoms with van der Waals surface area (Å²) >= 11 is 3.58. The highest BCUT2D eigenvalue weighted by atomic mass is 79.9. The van der Waals surface area contributed by atoms with Crippen LogP contribution in [0.4, 0.5) is 5.69 Å². The molecule has 3 rings (SSSR count). The molecule has 2 heteroatoms. The number of nitrogens with one attached hydrogen (secondary N) is 1. The van der Waals surface area contributed by atoms with Gasteiger partial charge >= 0.3 is 0 Å². The van der Waals surface area contributed by atoms with Crippen molar-refractivity contribution in [2.45, 2.75) is 32.7 Å². The minimum atomic E-state index is 0.435. The van der Waals surface area contributed by atoms with Gasteiger partial charge in [-0.15, -0.1) is 0 Å². The summed E-state index contributed by atoms with van der Waals surface area (Å²) in [5.74, 6) is 0.775. The molecule has 0 spiro atoms. The van der Waals surface area contributed by atoms with Gasteiger partial charge in [-0.1, -0.05) is 45.8 Å². The Morgan fingerprint density at radius 1 is 1.00 bits per heavy atom. The first-order chi connectivity index (χ1) is 9.61. The number of aryl methyl sites for hydroxylation is 2. The molecule has 1 aliphatic rings. The van der Waals surface area contributed by atoms with Crippen molar-refractivity contribution in [2.75, 3.05) is 5.32 Å². The second-order valence-electron chi connectivity index (χ2n) is 5.89. The molecule has 1 fully saturated rings. The molecular weight excluding hydrogens is 310 g/mol. The van der Waals surface area contributed by atoms with Crippen molar-refractivity contribution in [1.29, 1.82) is 0 Å². The SMILES string of the molecule is Cc1ccc(C(Nc2cc(C)cc(Br)c2)C2CC2)cc1. The third-order valence-corrected chi connectivity index (χ3v) is 4.35. The maximum atomic E-state index is 3.73. The summed E-state index contributed by atoms with van der Waals surface area (Å²) in [5.41, 5.74) is 5.20. The molecular formula is C18H20BrN. The zero-order valence-corrected chi connectivity index (χ0v) is 13.6. The topological polar surface area (TPSA) is 12.0 Å². The number of hydrogen-bond donors (Lipinski definition) is 1. The zero-order chi connectivity index (χ0) is 14.1. The van der Waals surface area contributed by atoms with E-state index in [1.165, 1.54) is 35.2 Å². The Morgan fingerprint density at radius 2 is 1.70 bits per heavy atom. The van der Waals surface area contributed by atoms with Crippen LogP contribution in [0.2, 0.25) is 0 Å². The Balaban J connectivity index is 1.86. The Bertz CT molecular complexity index is 579. The lowest BCUT2D eigenvalue weighted by atomic mass is 10.0. The molecule has 2 aromatic carbocycles. The minimum Gasteiger partial charge on any atom is -0.378 e. The van der Waals surface area contributed by atoms with Crippen molar-refractivity contribution in [2.24, 2.45) is 5.92 Å². The number of halogens is 1. The molecule has 0 radical (unpaired) electrons. The van der Waals surface area contributed by atoms with E-state index in [1.54, 1.807) is 0 Å². The number of anilines is 1. The maximum absolute atomic E-state index is 3.73. The molecule has 0 bridgehead atoms. The van der Waals surface area contributed by atoms with Crippen molar-refractivity contribution in [1.82, 2.24) is 0 Å². The lowest BCUT2D eigenvalue weighted by Crippen LogP contribution is -2.13. The van der Waals surface area contributed by atoms with Crippen molar-refractivity contribution < 1.29 is 0 Å². The third-order valence-electron chi connectivity index (χ3n) is 3.89. The highest BCUT2D eigenvalue weighted by molar-refractivity contribution is 9.10. The van der Waals surface area contributed by atoms with Crippen LogP contribution in [0, 0.1) is 19.8 Å². The van der Waals surface area contributed by atoms with Gasteiger partial charge in [0.1, 0.15) is 0 Å². The molecule has 2 aromatic rings. The fourth-order valence-electron chi connectivity index (χ4n) is 2.68. The molecule has 1 aliphatic carbocycles. The molecule has 1 N–H and O–H groups in total. The second kappa shape index (κ2) is 5.61. The van der Waals surface area contributed by atoms with Gasteiger partial charge in [0, 0.05) is 10.2 Å². The normalized spacial score (nSPS) is 15.9. The minimum absolute atomic E-state index is 0.435. The van der Waals surface area contributed by atoms with E-state index in [1.807, 2.05) is 0 Å². The highest BCUT2D eigenvalue weighted by Crippen LogP contribution is 2.43. The van der Waals surface area contributed by atoms with Crippen molar-refractivity contribution in [3.63, 3.8) is 0 Å². The van der Waals surface area contributed by atoms with Crippen molar-refractivity contribution in [3.05, 3.63) is 63.6 Å². The van der Waals surface area contributed by atoms with E-state index < -0.39 is 0 Å². The van der Waals surface area contributed by atoms with Crippen LogP contribution >= 0.6 is 15.9 Å². The van der Waals surface area contributed by atoms with Gasteiger partial charge in [-0.2, -0.15) is 0 Å². The molecule has 1 atom stereocenters. The molecule has 0 saturated heterocycles. The van der Waals surface area contributed by atoms with E-state index in [9.17, 15) is 0 Å². The largest absolute Gasteiger partial charge is 0.378 e. The molecule has 1 unspecified atom stereocenters.